The monoisotopic (exact) mass is 484 g/mol. The summed E-state index contributed by atoms with van der Waals surface area (Å²) in [5, 5.41) is 9.98. The zero-order valence-electron chi connectivity index (χ0n) is 21.5. The second-order valence-corrected chi connectivity index (χ2v) is 11.7. The molecule has 0 unspecified atom stereocenters. The van der Waals surface area contributed by atoms with Gasteiger partial charge in [0, 0.05) is 13.3 Å². The molecule has 3 saturated carbocycles. The fourth-order valence-corrected chi connectivity index (χ4v) is 8.24. The third kappa shape index (κ3) is 3.92. The van der Waals surface area contributed by atoms with Gasteiger partial charge in [0.15, 0.2) is 0 Å². The molecule has 1 aromatic carbocycles. The maximum Gasteiger partial charge on any atom is 0.302 e. The van der Waals surface area contributed by atoms with Crippen LogP contribution in [0.1, 0.15) is 71.3 Å². The van der Waals surface area contributed by atoms with Gasteiger partial charge in [0.1, 0.15) is 17.7 Å². The quantitative estimate of drug-likeness (QED) is 0.251. The Bertz CT molecular complexity index is 1220. The predicted molar refractivity (Wildman–Crippen MR) is 139 cm³/mol. The summed E-state index contributed by atoms with van der Waals surface area (Å²) in [4.78, 5) is 24.0. The van der Waals surface area contributed by atoms with Gasteiger partial charge >= 0.3 is 5.97 Å². The number of amides is 1. The summed E-state index contributed by atoms with van der Waals surface area (Å²) in [5.74, 6) is 0.552. The van der Waals surface area contributed by atoms with Gasteiger partial charge in [-0.15, -0.1) is 0 Å². The highest BCUT2D eigenvalue weighted by molar-refractivity contribution is 5.98. The fourth-order valence-electron chi connectivity index (χ4n) is 8.24. The third-order valence-electron chi connectivity index (χ3n) is 9.86. The van der Waals surface area contributed by atoms with Crippen molar-refractivity contribution in [1.82, 2.24) is 0 Å². The lowest BCUT2D eigenvalue weighted by Gasteiger charge is -2.57. The summed E-state index contributed by atoms with van der Waals surface area (Å²) in [5.41, 5.74) is 10.2. The van der Waals surface area contributed by atoms with E-state index in [-0.39, 0.29) is 28.5 Å². The number of primary amides is 1. The fraction of sp³-hybridized carbons (Fsp3) is 0.516. The molecule has 0 spiro atoms. The molecule has 188 valence electrons. The van der Waals surface area contributed by atoms with E-state index in [2.05, 4.69) is 44.2 Å². The van der Waals surface area contributed by atoms with Crippen molar-refractivity contribution in [3.8, 4) is 6.07 Å². The first-order valence-electron chi connectivity index (χ1n) is 13.2. The van der Waals surface area contributed by atoms with Gasteiger partial charge in [0.25, 0.3) is 5.91 Å². The number of nitriles is 1. The van der Waals surface area contributed by atoms with E-state index in [1.54, 1.807) is 0 Å². The molecular formula is C31H36N2O3. The van der Waals surface area contributed by atoms with Crippen LogP contribution in [-0.2, 0) is 14.3 Å². The number of ether oxygens (including phenoxy) is 1. The Morgan fingerprint density at radius 3 is 2.47 bits per heavy atom. The van der Waals surface area contributed by atoms with Gasteiger partial charge in [-0.3, -0.25) is 9.59 Å². The molecule has 0 aliphatic heterocycles. The number of carbonyl (C=O) groups excluding carboxylic acids is 2. The summed E-state index contributed by atoms with van der Waals surface area (Å²) >= 11 is 0. The van der Waals surface area contributed by atoms with E-state index >= 15 is 0 Å². The average Bonchev–Trinajstić information content (AvgIpc) is 3.12. The number of fused-ring (bicyclic) bond motifs is 5. The Morgan fingerprint density at radius 2 is 1.81 bits per heavy atom. The predicted octanol–water partition coefficient (Wildman–Crippen LogP) is 5.88. The molecule has 0 heterocycles. The Morgan fingerprint density at radius 1 is 1.08 bits per heavy atom. The summed E-state index contributed by atoms with van der Waals surface area (Å²) in [7, 11) is 0. The van der Waals surface area contributed by atoms with Crippen LogP contribution < -0.4 is 5.73 Å². The summed E-state index contributed by atoms with van der Waals surface area (Å²) in [6.07, 6.45) is 11.2. The van der Waals surface area contributed by atoms with Crippen molar-refractivity contribution in [2.75, 3.05) is 0 Å². The minimum Gasteiger partial charge on any atom is -0.462 e. The first kappa shape index (κ1) is 24.6. The first-order valence-corrected chi connectivity index (χ1v) is 13.2. The van der Waals surface area contributed by atoms with Crippen LogP contribution in [0, 0.1) is 39.9 Å². The number of hydrogen-bond acceptors (Lipinski definition) is 4. The standard InChI is InChI=1S/C31H36N2O3/c1-19(34)36-23-11-13-30(2)22(17-23)9-10-24-26(30)12-14-31(3)27(24)16-21(15-20-7-5-4-6-8-20)28(31)25(18-32)29(33)35/h4-9,15,23-24,26-27H,10-14,16-17H2,1-3H3,(H2,33,35)/b21-15+,28-25-/t23-,24+,26-,27-,30-,31-/m0/s1. The summed E-state index contributed by atoms with van der Waals surface area (Å²) in [6, 6.07) is 12.3. The number of rotatable bonds is 3. The van der Waals surface area contributed by atoms with Gasteiger partial charge in [0.2, 0.25) is 0 Å². The normalized spacial score (nSPS) is 37.6. The van der Waals surface area contributed by atoms with Crippen molar-refractivity contribution in [3.63, 3.8) is 0 Å². The third-order valence-corrected chi connectivity index (χ3v) is 9.86. The highest BCUT2D eigenvalue weighted by Crippen LogP contribution is 2.67. The zero-order chi connectivity index (χ0) is 25.7. The molecule has 36 heavy (non-hydrogen) atoms. The molecule has 6 atom stereocenters. The van der Waals surface area contributed by atoms with Crippen LogP contribution in [0.3, 0.4) is 0 Å². The molecule has 0 bridgehead atoms. The van der Waals surface area contributed by atoms with Crippen molar-refractivity contribution < 1.29 is 14.3 Å². The second kappa shape index (κ2) is 9.07. The molecule has 1 aromatic rings. The topological polar surface area (TPSA) is 93.2 Å². The Balaban J connectivity index is 1.55. The summed E-state index contributed by atoms with van der Waals surface area (Å²) in [6.45, 7) is 6.17. The highest BCUT2D eigenvalue weighted by Gasteiger charge is 2.59. The lowest BCUT2D eigenvalue weighted by Crippen LogP contribution is -2.50. The molecule has 0 aromatic heterocycles. The van der Waals surface area contributed by atoms with Crippen molar-refractivity contribution in [2.45, 2.75) is 71.8 Å². The molecule has 0 saturated heterocycles. The van der Waals surface area contributed by atoms with Crippen molar-refractivity contribution in [2.24, 2.45) is 34.3 Å². The van der Waals surface area contributed by atoms with E-state index in [1.165, 1.54) is 12.5 Å². The number of nitrogens with two attached hydrogens (primary N) is 1. The van der Waals surface area contributed by atoms with Gasteiger partial charge in [-0.1, -0.05) is 61.9 Å². The number of nitrogens with zero attached hydrogens (tertiary/aromatic N) is 1. The maximum absolute atomic E-state index is 12.4. The largest absolute Gasteiger partial charge is 0.462 e. The maximum atomic E-state index is 12.4. The van der Waals surface area contributed by atoms with Crippen LogP contribution in [0.5, 0.6) is 0 Å². The van der Waals surface area contributed by atoms with Crippen LogP contribution in [-0.4, -0.2) is 18.0 Å². The lowest BCUT2D eigenvalue weighted by molar-refractivity contribution is -0.148. The van der Waals surface area contributed by atoms with E-state index in [0.29, 0.717) is 17.8 Å². The van der Waals surface area contributed by atoms with Crippen LogP contribution in [0.2, 0.25) is 0 Å². The van der Waals surface area contributed by atoms with Crippen LogP contribution in [0.4, 0.5) is 0 Å². The van der Waals surface area contributed by atoms with Gasteiger partial charge < -0.3 is 10.5 Å². The number of carbonyl (C=O) groups is 2. The first-order chi connectivity index (χ1) is 17.2. The SMILES string of the molecule is CC(=O)O[C@H]1CC[C@@]2(C)C(=CC[C@@H]3[C@@H]2CC[C@]2(C)C(=C(/C#N)C(N)=O)/C(=C/c4ccccc4)C[C@@H]32)C1. The zero-order valence-corrected chi connectivity index (χ0v) is 21.5. The molecular weight excluding hydrogens is 448 g/mol. The van der Waals surface area contributed by atoms with E-state index in [9.17, 15) is 14.9 Å². The average molecular weight is 485 g/mol. The summed E-state index contributed by atoms with van der Waals surface area (Å²) < 4.78 is 5.58. The van der Waals surface area contributed by atoms with Crippen LogP contribution in [0.15, 0.2) is 58.7 Å². The van der Waals surface area contributed by atoms with E-state index < -0.39 is 5.91 Å². The molecule has 1 amide bonds. The van der Waals surface area contributed by atoms with Crippen LogP contribution in [0.25, 0.3) is 6.08 Å². The molecule has 0 radical (unpaired) electrons. The van der Waals surface area contributed by atoms with Gasteiger partial charge in [-0.25, -0.2) is 0 Å². The van der Waals surface area contributed by atoms with Gasteiger partial charge in [-0.2, -0.15) is 5.26 Å². The van der Waals surface area contributed by atoms with Gasteiger partial charge in [0.05, 0.1) is 0 Å². The number of allylic oxidation sites excluding steroid dienone is 3. The minimum absolute atomic E-state index is 0.0117. The molecule has 2 N–H and O–H groups in total. The van der Waals surface area contributed by atoms with E-state index in [1.807, 2.05) is 18.2 Å². The van der Waals surface area contributed by atoms with Crippen molar-refractivity contribution in [1.29, 1.82) is 5.26 Å². The molecule has 5 heteroatoms. The van der Waals surface area contributed by atoms with E-state index in [4.69, 9.17) is 10.5 Å². The lowest BCUT2D eigenvalue weighted by atomic mass is 9.47. The molecule has 4 aliphatic rings. The van der Waals surface area contributed by atoms with Crippen molar-refractivity contribution >= 4 is 18.0 Å². The number of hydrogen-bond donors (Lipinski definition) is 1. The highest BCUT2D eigenvalue weighted by atomic mass is 16.5. The van der Waals surface area contributed by atoms with Crippen LogP contribution >= 0.6 is 0 Å². The van der Waals surface area contributed by atoms with E-state index in [0.717, 1.165) is 61.7 Å². The Kier molecular flexibility index (Phi) is 6.19. The smallest absolute Gasteiger partial charge is 0.302 e. The Labute approximate surface area is 214 Å². The molecule has 5 nitrogen and oxygen atoms in total. The molecule has 5 rings (SSSR count). The molecule has 3 fully saturated rings. The van der Waals surface area contributed by atoms with Crippen molar-refractivity contribution in [3.05, 3.63) is 64.3 Å². The minimum atomic E-state index is -0.628. The number of benzene rings is 1. The Hall–Kier alpha value is -3.13. The van der Waals surface area contributed by atoms with Gasteiger partial charge in [-0.05, 0) is 83.8 Å². The molecule has 4 aliphatic carbocycles. The second-order valence-electron chi connectivity index (χ2n) is 11.7. The number of esters is 1.